The summed E-state index contributed by atoms with van der Waals surface area (Å²) in [4.78, 5) is 15.3. The van der Waals surface area contributed by atoms with E-state index in [1.54, 1.807) is 24.3 Å². The Bertz CT molecular complexity index is 773. The van der Waals surface area contributed by atoms with Gasteiger partial charge in [-0.05, 0) is 34.9 Å². The van der Waals surface area contributed by atoms with Gasteiger partial charge in [0.05, 0.1) is 19.8 Å². The molecule has 0 aromatic heterocycles. The van der Waals surface area contributed by atoms with Crippen molar-refractivity contribution in [3.8, 4) is 5.75 Å². The number of hydrogen-bond acceptors (Lipinski definition) is 3. The Hall–Kier alpha value is -2.90. The van der Waals surface area contributed by atoms with Crippen molar-refractivity contribution in [1.82, 2.24) is 0 Å². The van der Waals surface area contributed by atoms with Gasteiger partial charge in [-0.25, -0.2) is 4.85 Å². The Morgan fingerprint density at radius 2 is 1.91 bits per heavy atom. The van der Waals surface area contributed by atoms with Crippen LogP contribution in [0.15, 0.2) is 54.2 Å². The average Bonchev–Trinajstić information content (AvgIpc) is 3.01. The molecule has 1 aliphatic heterocycles. The van der Waals surface area contributed by atoms with Crippen molar-refractivity contribution >= 4 is 12.0 Å². The number of ether oxygens (including phenoxy) is 2. The minimum absolute atomic E-state index is 0.0530. The highest BCUT2D eigenvalue weighted by Gasteiger charge is 2.14. The van der Waals surface area contributed by atoms with Gasteiger partial charge in [-0.2, -0.15) is 0 Å². The van der Waals surface area contributed by atoms with Crippen molar-refractivity contribution in [3.05, 3.63) is 82.3 Å². The number of esters is 1. The molecule has 0 N–H and O–H groups in total. The molecule has 0 bridgehead atoms. The van der Waals surface area contributed by atoms with E-state index in [2.05, 4.69) is 4.85 Å². The third-order valence-electron chi connectivity index (χ3n) is 3.33. The lowest BCUT2D eigenvalue weighted by Crippen LogP contribution is -2.08. The molecule has 22 heavy (non-hydrogen) atoms. The lowest BCUT2D eigenvalue weighted by Gasteiger charge is -2.03. The number of carbonyl (C=O) groups excluding carboxylic acids is 1. The standard InChI is InChI=1S/C18H13NO3/c1-19-17(18(20)22-16-5-3-2-4-6-16)10-13-7-8-14-11-21-12-15(14)9-13/h2-10H,11-12H2. The van der Waals surface area contributed by atoms with Crippen molar-refractivity contribution in [1.29, 1.82) is 0 Å². The lowest BCUT2D eigenvalue weighted by atomic mass is 10.1. The Morgan fingerprint density at radius 1 is 1.14 bits per heavy atom. The Kier molecular flexibility index (Phi) is 3.99. The summed E-state index contributed by atoms with van der Waals surface area (Å²) in [5.74, 6) is -0.234. The first-order valence-electron chi connectivity index (χ1n) is 6.82. The minimum atomic E-state index is -0.655. The van der Waals surface area contributed by atoms with Crippen LogP contribution in [0.25, 0.3) is 10.9 Å². The van der Waals surface area contributed by atoms with E-state index in [1.807, 2.05) is 24.3 Å². The van der Waals surface area contributed by atoms with E-state index in [4.69, 9.17) is 16.0 Å². The van der Waals surface area contributed by atoms with Crippen LogP contribution in [0, 0.1) is 6.57 Å². The predicted molar refractivity (Wildman–Crippen MR) is 81.6 cm³/mol. The molecule has 2 aromatic carbocycles. The maximum atomic E-state index is 12.1. The molecule has 4 heteroatoms. The third kappa shape index (κ3) is 3.05. The summed E-state index contributed by atoms with van der Waals surface area (Å²) in [6.45, 7) is 8.37. The summed E-state index contributed by atoms with van der Waals surface area (Å²) in [5, 5.41) is 0. The molecule has 3 rings (SSSR count). The lowest BCUT2D eigenvalue weighted by molar-refractivity contribution is -0.129. The topological polar surface area (TPSA) is 39.9 Å². The van der Waals surface area contributed by atoms with Crippen molar-refractivity contribution in [2.75, 3.05) is 0 Å². The molecular formula is C18H13NO3. The fourth-order valence-electron chi connectivity index (χ4n) is 2.22. The molecule has 0 saturated carbocycles. The SMILES string of the molecule is [C-]#[N+]C(=Cc1ccc2c(c1)COC2)C(=O)Oc1ccccc1. The number of rotatable bonds is 3. The molecule has 0 radical (unpaired) electrons. The first-order valence-corrected chi connectivity index (χ1v) is 6.82. The quantitative estimate of drug-likeness (QED) is 0.375. The molecule has 1 aliphatic rings. The van der Waals surface area contributed by atoms with Gasteiger partial charge in [-0.3, -0.25) is 4.79 Å². The number of hydrogen-bond donors (Lipinski definition) is 0. The van der Waals surface area contributed by atoms with Crippen LogP contribution in [-0.2, 0) is 22.7 Å². The molecule has 0 spiro atoms. The molecule has 2 aromatic rings. The van der Waals surface area contributed by atoms with Crippen LogP contribution < -0.4 is 4.74 Å². The van der Waals surface area contributed by atoms with Crippen molar-refractivity contribution in [3.63, 3.8) is 0 Å². The average molecular weight is 291 g/mol. The molecule has 4 nitrogen and oxygen atoms in total. The van der Waals surface area contributed by atoms with Crippen LogP contribution in [0.4, 0.5) is 0 Å². The van der Waals surface area contributed by atoms with Crippen LogP contribution in [0.5, 0.6) is 5.75 Å². The zero-order valence-electron chi connectivity index (χ0n) is 11.8. The Labute approximate surface area is 128 Å². The molecular weight excluding hydrogens is 278 g/mol. The van der Waals surface area contributed by atoms with E-state index in [9.17, 15) is 4.79 Å². The number of fused-ring (bicyclic) bond motifs is 1. The number of para-hydroxylation sites is 1. The molecule has 108 valence electrons. The highest BCUT2D eigenvalue weighted by molar-refractivity contribution is 5.96. The predicted octanol–water partition coefficient (Wildman–Crippen LogP) is 3.58. The van der Waals surface area contributed by atoms with E-state index in [-0.39, 0.29) is 5.70 Å². The van der Waals surface area contributed by atoms with Crippen molar-refractivity contribution in [2.24, 2.45) is 0 Å². The summed E-state index contributed by atoms with van der Waals surface area (Å²) in [7, 11) is 0. The second-order valence-corrected chi connectivity index (χ2v) is 4.86. The fourth-order valence-corrected chi connectivity index (χ4v) is 2.22. The van der Waals surface area contributed by atoms with Crippen LogP contribution in [0.1, 0.15) is 16.7 Å². The normalized spacial score (nSPS) is 13.3. The van der Waals surface area contributed by atoms with Gasteiger partial charge in [-0.15, -0.1) is 0 Å². The van der Waals surface area contributed by atoms with Crippen LogP contribution in [0.3, 0.4) is 0 Å². The largest absolute Gasteiger partial charge is 0.431 e. The van der Waals surface area contributed by atoms with Gasteiger partial charge in [0, 0.05) is 0 Å². The number of benzene rings is 2. The fraction of sp³-hybridized carbons (Fsp3) is 0.111. The van der Waals surface area contributed by atoms with Crippen molar-refractivity contribution < 1.29 is 14.3 Å². The molecule has 0 aliphatic carbocycles. The second-order valence-electron chi connectivity index (χ2n) is 4.86. The number of carbonyl (C=O) groups is 1. The number of nitrogens with zero attached hydrogens (tertiary/aromatic N) is 1. The maximum absolute atomic E-state index is 12.1. The highest BCUT2D eigenvalue weighted by atomic mass is 16.5. The molecule has 0 atom stereocenters. The summed E-state index contributed by atoms with van der Waals surface area (Å²) in [5.41, 5.74) is 2.98. The van der Waals surface area contributed by atoms with Gasteiger partial charge < -0.3 is 9.47 Å². The highest BCUT2D eigenvalue weighted by Crippen LogP contribution is 2.22. The van der Waals surface area contributed by atoms with Crippen LogP contribution in [0.2, 0.25) is 0 Å². The maximum Gasteiger partial charge on any atom is 0.341 e. The molecule has 0 fully saturated rings. The first-order chi connectivity index (χ1) is 10.8. The first kappa shape index (κ1) is 14.1. The van der Waals surface area contributed by atoms with Crippen molar-refractivity contribution in [2.45, 2.75) is 13.2 Å². The van der Waals surface area contributed by atoms with E-state index in [0.717, 1.165) is 16.7 Å². The zero-order valence-corrected chi connectivity index (χ0v) is 11.8. The van der Waals surface area contributed by atoms with Gasteiger partial charge in [0.2, 0.25) is 0 Å². The molecule has 0 unspecified atom stereocenters. The van der Waals surface area contributed by atoms with E-state index in [0.29, 0.717) is 19.0 Å². The minimum Gasteiger partial charge on any atom is -0.431 e. The Balaban J connectivity index is 1.81. The van der Waals surface area contributed by atoms with Gasteiger partial charge in [0.25, 0.3) is 5.70 Å². The van der Waals surface area contributed by atoms with Gasteiger partial charge in [-0.1, -0.05) is 36.4 Å². The van der Waals surface area contributed by atoms with Crippen LogP contribution in [-0.4, -0.2) is 5.97 Å². The smallest absolute Gasteiger partial charge is 0.341 e. The Morgan fingerprint density at radius 3 is 2.68 bits per heavy atom. The second kappa shape index (κ2) is 6.25. The summed E-state index contributed by atoms with van der Waals surface area (Å²) in [6, 6.07) is 14.5. The molecule has 0 saturated heterocycles. The summed E-state index contributed by atoms with van der Waals surface area (Å²) < 4.78 is 10.5. The van der Waals surface area contributed by atoms with Crippen LogP contribution >= 0.6 is 0 Å². The van der Waals surface area contributed by atoms with E-state index < -0.39 is 5.97 Å². The summed E-state index contributed by atoms with van der Waals surface area (Å²) >= 11 is 0. The summed E-state index contributed by atoms with van der Waals surface area (Å²) in [6.07, 6.45) is 1.54. The third-order valence-corrected chi connectivity index (χ3v) is 3.33. The van der Waals surface area contributed by atoms with E-state index >= 15 is 0 Å². The molecule has 1 heterocycles. The molecule has 0 amide bonds. The monoisotopic (exact) mass is 291 g/mol. The van der Waals surface area contributed by atoms with E-state index in [1.165, 1.54) is 6.08 Å². The van der Waals surface area contributed by atoms with Gasteiger partial charge >= 0.3 is 5.97 Å². The zero-order chi connectivity index (χ0) is 15.4. The van der Waals surface area contributed by atoms with Gasteiger partial charge in [0.1, 0.15) is 5.75 Å². The van der Waals surface area contributed by atoms with Gasteiger partial charge in [0.15, 0.2) is 0 Å².